The van der Waals surface area contributed by atoms with Crippen LogP contribution in [0, 0.1) is 5.92 Å². The fraction of sp³-hybridized carbons (Fsp3) is 0.462. The number of hydrogen-bond acceptors (Lipinski definition) is 3. The Balaban J connectivity index is 1.98. The number of halogens is 1. The Labute approximate surface area is 109 Å². The predicted octanol–water partition coefficient (Wildman–Crippen LogP) is 3.44. The first-order valence-corrected chi connectivity index (χ1v) is 7.10. The lowest BCUT2D eigenvalue weighted by Crippen LogP contribution is -2.33. The highest BCUT2D eigenvalue weighted by molar-refractivity contribution is 9.09. The van der Waals surface area contributed by atoms with Gasteiger partial charge in [-0.2, -0.15) is 4.98 Å². The highest BCUT2D eigenvalue weighted by Crippen LogP contribution is 2.31. The zero-order valence-corrected chi connectivity index (χ0v) is 11.4. The summed E-state index contributed by atoms with van der Waals surface area (Å²) in [5, 5.41) is 0.965. The van der Waals surface area contributed by atoms with Gasteiger partial charge in [-0.25, -0.2) is 0 Å². The molecule has 3 nitrogen and oxygen atoms in total. The first kappa shape index (κ1) is 11.1. The molecule has 0 amide bonds. The number of para-hydroxylation sites is 2. The Kier molecular flexibility index (Phi) is 2.82. The van der Waals surface area contributed by atoms with Crippen LogP contribution in [0.5, 0.6) is 0 Å². The highest BCUT2D eigenvalue weighted by Gasteiger charge is 2.33. The molecule has 2 unspecified atom stereocenters. The minimum Gasteiger partial charge on any atom is -0.423 e. The van der Waals surface area contributed by atoms with Crippen molar-refractivity contribution in [2.24, 2.45) is 5.92 Å². The Hall–Kier alpha value is -1.03. The van der Waals surface area contributed by atoms with Gasteiger partial charge in [0.1, 0.15) is 5.52 Å². The number of fused-ring (bicyclic) bond motifs is 1. The lowest BCUT2D eigenvalue weighted by Gasteiger charge is -2.23. The summed E-state index contributed by atoms with van der Waals surface area (Å²) in [6.07, 6.45) is 1.20. The maximum atomic E-state index is 5.83. The van der Waals surface area contributed by atoms with E-state index in [4.69, 9.17) is 4.42 Å². The van der Waals surface area contributed by atoms with E-state index in [1.165, 1.54) is 6.42 Å². The van der Waals surface area contributed by atoms with Gasteiger partial charge in [0.05, 0.1) is 0 Å². The molecule has 1 saturated heterocycles. The van der Waals surface area contributed by atoms with Crippen molar-refractivity contribution in [1.29, 1.82) is 0 Å². The zero-order chi connectivity index (χ0) is 11.8. The third kappa shape index (κ3) is 1.84. The second-order valence-corrected chi connectivity index (χ2v) is 5.29. The Bertz CT molecular complexity index is 492. The van der Waals surface area contributed by atoms with Gasteiger partial charge < -0.3 is 9.32 Å². The molecule has 2 atom stereocenters. The van der Waals surface area contributed by atoms with Gasteiger partial charge >= 0.3 is 0 Å². The van der Waals surface area contributed by atoms with Crippen LogP contribution in [0.1, 0.15) is 13.3 Å². The van der Waals surface area contributed by atoms with Crippen molar-refractivity contribution in [2.45, 2.75) is 19.4 Å². The maximum absolute atomic E-state index is 5.83. The summed E-state index contributed by atoms with van der Waals surface area (Å²) < 4.78 is 5.83. The van der Waals surface area contributed by atoms with Gasteiger partial charge in [0.15, 0.2) is 5.58 Å². The van der Waals surface area contributed by atoms with Crippen LogP contribution in [-0.2, 0) is 0 Å². The maximum Gasteiger partial charge on any atom is 0.298 e. The van der Waals surface area contributed by atoms with E-state index in [-0.39, 0.29) is 0 Å². The molecular weight excluding hydrogens is 280 g/mol. The summed E-state index contributed by atoms with van der Waals surface area (Å²) in [6.45, 7) is 3.32. The summed E-state index contributed by atoms with van der Waals surface area (Å²) >= 11 is 3.59. The van der Waals surface area contributed by atoms with Crippen molar-refractivity contribution in [3.05, 3.63) is 24.3 Å². The molecule has 1 aliphatic heterocycles. The number of hydrogen-bond donors (Lipinski definition) is 0. The SMILES string of the molecule is CC1CCN(c2nc3ccccc3o2)C1CBr. The van der Waals surface area contributed by atoms with E-state index in [1.54, 1.807) is 0 Å². The van der Waals surface area contributed by atoms with E-state index in [2.05, 4.69) is 32.7 Å². The molecule has 4 heteroatoms. The summed E-state index contributed by atoms with van der Waals surface area (Å²) in [5.74, 6) is 0.685. The van der Waals surface area contributed by atoms with E-state index >= 15 is 0 Å². The van der Waals surface area contributed by atoms with Gasteiger partial charge in [-0.05, 0) is 24.5 Å². The molecular formula is C13H15BrN2O. The topological polar surface area (TPSA) is 29.3 Å². The molecule has 0 saturated carbocycles. The summed E-state index contributed by atoms with van der Waals surface area (Å²) in [4.78, 5) is 6.84. The van der Waals surface area contributed by atoms with Gasteiger partial charge in [-0.1, -0.05) is 35.0 Å². The van der Waals surface area contributed by atoms with E-state index in [9.17, 15) is 0 Å². The Morgan fingerprint density at radius 1 is 1.47 bits per heavy atom. The summed E-state index contributed by atoms with van der Waals surface area (Å²) in [6, 6.07) is 9.18. The minimum atomic E-state index is 0.489. The molecule has 3 rings (SSSR count). The molecule has 1 fully saturated rings. The minimum absolute atomic E-state index is 0.489. The molecule has 2 aromatic rings. The first-order valence-electron chi connectivity index (χ1n) is 5.98. The van der Waals surface area contributed by atoms with Crippen LogP contribution in [-0.4, -0.2) is 22.9 Å². The number of aromatic nitrogens is 1. The number of anilines is 1. The Morgan fingerprint density at radius 3 is 3.06 bits per heavy atom. The molecule has 1 aromatic carbocycles. The van der Waals surface area contributed by atoms with Crippen LogP contribution >= 0.6 is 15.9 Å². The molecule has 2 heterocycles. The van der Waals surface area contributed by atoms with Crippen LogP contribution in [0.15, 0.2) is 28.7 Å². The predicted molar refractivity (Wildman–Crippen MR) is 72.7 cm³/mol. The molecule has 0 spiro atoms. The molecule has 1 aromatic heterocycles. The molecule has 0 N–H and O–H groups in total. The van der Waals surface area contributed by atoms with E-state index in [1.807, 2.05) is 24.3 Å². The lowest BCUT2D eigenvalue weighted by atomic mass is 10.1. The van der Waals surface area contributed by atoms with Crippen molar-refractivity contribution >= 4 is 33.0 Å². The number of rotatable bonds is 2. The van der Waals surface area contributed by atoms with E-state index < -0.39 is 0 Å². The normalized spacial score (nSPS) is 24.7. The van der Waals surface area contributed by atoms with Crippen molar-refractivity contribution < 1.29 is 4.42 Å². The smallest absolute Gasteiger partial charge is 0.298 e. The fourth-order valence-corrected chi connectivity index (χ4v) is 3.45. The first-order chi connectivity index (χ1) is 8.29. The third-order valence-electron chi connectivity index (χ3n) is 3.57. The fourth-order valence-electron chi connectivity index (χ4n) is 2.46. The monoisotopic (exact) mass is 294 g/mol. The highest BCUT2D eigenvalue weighted by atomic mass is 79.9. The standard InChI is InChI=1S/C13H15BrN2O/c1-9-6-7-16(11(9)8-14)13-15-10-4-2-3-5-12(10)17-13/h2-5,9,11H,6-8H2,1H3. The molecule has 0 radical (unpaired) electrons. The van der Waals surface area contributed by atoms with E-state index in [0.29, 0.717) is 12.0 Å². The van der Waals surface area contributed by atoms with Gasteiger partial charge in [-0.15, -0.1) is 0 Å². The average molecular weight is 295 g/mol. The summed E-state index contributed by atoms with van der Waals surface area (Å²) in [5.41, 5.74) is 1.81. The molecule has 0 aliphatic carbocycles. The lowest BCUT2D eigenvalue weighted by molar-refractivity contribution is 0.518. The van der Waals surface area contributed by atoms with Crippen molar-refractivity contribution in [2.75, 3.05) is 16.8 Å². The second-order valence-electron chi connectivity index (χ2n) is 4.65. The largest absolute Gasteiger partial charge is 0.423 e. The molecule has 90 valence electrons. The van der Waals surface area contributed by atoms with Crippen molar-refractivity contribution in [1.82, 2.24) is 4.98 Å². The molecule has 0 bridgehead atoms. The second kappa shape index (κ2) is 4.33. The van der Waals surface area contributed by atoms with Gasteiger partial charge in [0.25, 0.3) is 6.01 Å². The number of nitrogens with zero attached hydrogens (tertiary/aromatic N) is 2. The van der Waals surface area contributed by atoms with E-state index in [0.717, 1.165) is 29.0 Å². The number of benzene rings is 1. The Morgan fingerprint density at radius 2 is 2.29 bits per heavy atom. The van der Waals surface area contributed by atoms with Crippen LogP contribution in [0.2, 0.25) is 0 Å². The van der Waals surface area contributed by atoms with Gasteiger partial charge in [0, 0.05) is 17.9 Å². The molecule has 17 heavy (non-hydrogen) atoms. The number of oxazole rings is 1. The quantitative estimate of drug-likeness (QED) is 0.795. The van der Waals surface area contributed by atoms with Crippen molar-refractivity contribution in [3.63, 3.8) is 0 Å². The number of alkyl halides is 1. The van der Waals surface area contributed by atoms with Crippen LogP contribution in [0.25, 0.3) is 11.1 Å². The zero-order valence-electron chi connectivity index (χ0n) is 9.77. The van der Waals surface area contributed by atoms with Gasteiger partial charge in [0.2, 0.25) is 0 Å². The van der Waals surface area contributed by atoms with Crippen LogP contribution in [0.4, 0.5) is 6.01 Å². The van der Waals surface area contributed by atoms with Crippen LogP contribution in [0.3, 0.4) is 0 Å². The van der Waals surface area contributed by atoms with Crippen molar-refractivity contribution in [3.8, 4) is 0 Å². The average Bonchev–Trinajstić information content (AvgIpc) is 2.91. The van der Waals surface area contributed by atoms with Gasteiger partial charge in [-0.3, -0.25) is 0 Å². The molecule has 1 aliphatic rings. The summed E-state index contributed by atoms with van der Waals surface area (Å²) in [7, 11) is 0. The third-order valence-corrected chi connectivity index (χ3v) is 4.23. The van der Waals surface area contributed by atoms with Crippen LogP contribution < -0.4 is 4.90 Å².